The van der Waals surface area contributed by atoms with Gasteiger partial charge >= 0.3 is 0 Å². The fourth-order valence-electron chi connectivity index (χ4n) is 5.31. The number of nitrogens with zero attached hydrogens (tertiary/aromatic N) is 4. The molecule has 0 unspecified atom stereocenters. The zero-order valence-electron chi connectivity index (χ0n) is 20.2. The predicted octanol–water partition coefficient (Wildman–Crippen LogP) is 3.55. The maximum Gasteiger partial charge on any atom is 0.247 e. The number of aryl methyl sites for hydroxylation is 1. The summed E-state index contributed by atoms with van der Waals surface area (Å²) in [6.45, 7) is 3.05. The lowest BCUT2D eigenvalue weighted by molar-refractivity contribution is -0.143. The maximum absolute atomic E-state index is 13.9. The molecule has 2 aromatic carbocycles. The van der Waals surface area contributed by atoms with Crippen LogP contribution in [0.5, 0.6) is 0 Å². The molecular formula is C27H33N5O3. The summed E-state index contributed by atoms with van der Waals surface area (Å²) in [4.78, 5) is 29.4. The molecule has 2 fully saturated rings. The van der Waals surface area contributed by atoms with Gasteiger partial charge in [-0.3, -0.25) is 9.59 Å². The smallest absolute Gasteiger partial charge is 0.247 e. The van der Waals surface area contributed by atoms with E-state index in [-0.39, 0.29) is 30.5 Å². The second-order valence-corrected chi connectivity index (χ2v) is 9.67. The largest absolute Gasteiger partial charge is 0.376 e. The molecule has 1 aliphatic carbocycles. The molecule has 8 nitrogen and oxygen atoms in total. The van der Waals surface area contributed by atoms with Crippen LogP contribution in [0.15, 0.2) is 48.5 Å². The molecule has 1 saturated carbocycles. The van der Waals surface area contributed by atoms with Crippen LogP contribution in [0.1, 0.15) is 55.7 Å². The maximum atomic E-state index is 13.9. The van der Waals surface area contributed by atoms with Gasteiger partial charge in [0.25, 0.3) is 0 Å². The third-order valence-electron chi connectivity index (χ3n) is 7.19. The molecule has 3 aromatic rings. The fraction of sp³-hybridized carbons (Fsp3) is 0.481. The lowest BCUT2D eigenvalue weighted by atomic mass is 9.97. The topological polar surface area (TPSA) is 89.4 Å². The number of hydrogen-bond donors (Lipinski definition) is 1. The van der Waals surface area contributed by atoms with Gasteiger partial charge < -0.3 is 15.0 Å². The average Bonchev–Trinajstić information content (AvgIpc) is 3.63. The summed E-state index contributed by atoms with van der Waals surface area (Å²) in [6, 6.07) is 14.8. The quantitative estimate of drug-likeness (QED) is 0.538. The highest BCUT2D eigenvalue weighted by Gasteiger charge is 2.36. The number of ether oxygens (including phenoxy) is 1. The third-order valence-corrected chi connectivity index (χ3v) is 7.19. The monoisotopic (exact) mass is 475 g/mol. The Balaban J connectivity index is 1.49. The van der Waals surface area contributed by atoms with Crippen molar-refractivity contribution in [2.45, 2.75) is 70.2 Å². The van der Waals surface area contributed by atoms with Gasteiger partial charge in [0.2, 0.25) is 11.8 Å². The standard InChI is InChI=1S/C27H33N5O3/c1-19-9-2-5-13-22(19)26(27(34)28-20-10-3-4-11-20)31(17-21-12-8-16-35-21)25(33)18-32-24-15-7-6-14-23(24)29-30-32/h2,5-7,9,13-15,20-21,26H,3-4,8,10-12,16-18H2,1H3,(H,28,34)/t21-,26+/m1/s1. The third kappa shape index (κ3) is 5.22. The van der Waals surface area contributed by atoms with Crippen molar-refractivity contribution in [1.29, 1.82) is 0 Å². The minimum atomic E-state index is -0.733. The minimum Gasteiger partial charge on any atom is -0.376 e. The Bertz CT molecular complexity index is 1180. The van der Waals surface area contributed by atoms with Crippen molar-refractivity contribution in [3.05, 3.63) is 59.7 Å². The van der Waals surface area contributed by atoms with E-state index < -0.39 is 6.04 Å². The van der Waals surface area contributed by atoms with Crippen LogP contribution in [-0.4, -0.2) is 57.0 Å². The molecule has 0 spiro atoms. The number of nitrogens with one attached hydrogen (secondary N) is 1. The van der Waals surface area contributed by atoms with Crippen LogP contribution < -0.4 is 5.32 Å². The van der Waals surface area contributed by atoms with E-state index in [9.17, 15) is 9.59 Å². The van der Waals surface area contributed by atoms with Crippen molar-refractivity contribution in [3.8, 4) is 0 Å². The predicted molar refractivity (Wildman–Crippen MR) is 133 cm³/mol. The van der Waals surface area contributed by atoms with E-state index in [2.05, 4.69) is 15.6 Å². The van der Waals surface area contributed by atoms with Crippen LogP contribution in [0.3, 0.4) is 0 Å². The summed E-state index contributed by atoms with van der Waals surface area (Å²) in [7, 11) is 0. The van der Waals surface area contributed by atoms with Crippen molar-refractivity contribution in [3.63, 3.8) is 0 Å². The van der Waals surface area contributed by atoms with Crippen LogP contribution in [0.25, 0.3) is 11.0 Å². The van der Waals surface area contributed by atoms with Gasteiger partial charge in [-0.05, 0) is 55.9 Å². The molecule has 1 saturated heterocycles. The highest BCUT2D eigenvalue weighted by Crippen LogP contribution is 2.29. The summed E-state index contributed by atoms with van der Waals surface area (Å²) in [6.07, 6.45) is 5.96. The number of para-hydroxylation sites is 1. The molecule has 2 heterocycles. The Morgan fingerprint density at radius 3 is 2.63 bits per heavy atom. The van der Waals surface area contributed by atoms with Crippen LogP contribution >= 0.6 is 0 Å². The van der Waals surface area contributed by atoms with Crippen LogP contribution in [-0.2, 0) is 20.9 Å². The van der Waals surface area contributed by atoms with Gasteiger partial charge in [0.05, 0.1) is 11.6 Å². The van der Waals surface area contributed by atoms with Gasteiger partial charge in [-0.2, -0.15) is 0 Å². The minimum absolute atomic E-state index is 0.00627. The highest BCUT2D eigenvalue weighted by atomic mass is 16.5. The van der Waals surface area contributed by atoms with E-state index in [4.69, 9.17) is 4.74 Å². The summed E-state index contributed by atoms with van der Waals surface area (Å²) < 4.78 is 7.52. The molecule has 2 amide bonds. The number of carbonyl (C=O) groups excluding carboxylic acids is 2. The zero-order valence-corrected chi connectivity index (χ0v) is 20.2. The second kappa shape index (κ2) is 10.6. The lowest BCUT2D eigenvalue weighted by Gasteiger charge is -2.34. The summed E-state index contributed by atoms with van der Waals surface area (Å²) in [5.74, 6) is -0.299. The molecule has 0 radical (unpaired) electrons. The number of fused-ring (bicyclic) bond motifs is 1. The van der Waals surface area contributed by atoms with Gasteiger partial charge in [-0.25, -0.2) is 4.68 Å². The normalized spacial score (nSPS) is 19.2. The molecule has 184 valence electrons. The first-order chi connectivity index (χ1) is 17.1. The molecule has 2 atom stereocenters. The van der Waals surface area contributed by atoms with E-state index >= 15 is 0 Å². The molecule has 35 heavy (non-hydrogen) atoms. The molecule has 1 N–H and O–H groups in total. The Labute approximate surface area is 205 Å². The number of benzene rings is 2. The summed E-state index contributed by atoms with van der Waals surface area (Å²) >= 11 is 0. The molecular weight excluding hydrogens is 442 g/mol. The molecule has 2 aliphatic rings. The van der Waals surface area contributed by atoms with Crippen molar-refractivity contribution < 1.29 is 14.3 Å². The molecule has 8 heteroatoms. The van der Waals surface area contributed by atoms with E-state index in [1.807, 2.05) is 55.5 Å². The summed E-state index contributed by atoms with van der Waals surface area (Å²) in [5, 5.41) is 11.7. The van der Waals surface area contributed by atoms with Crippen LogP contribution in [0, 0.1) is 6.92 Å². The number of aromatic nitrogens is 3. The Hall–Kier alpha value is -3.26. The van der Waals surface area contributed by atoms with Gasteiger partial charge in [-0.1, -0.05) is 54.5 Å². The first-order valence-electron chi connectivity index (χ1n) is 12.7. The summed E-state index contributed by atoms with van der Waals surface area (Å²) in [5.41, 5.74) is 3.36. The van der Waals surface area contributed by atoms with Crippen LogP contribution in [0.4, 0.5) is 0 Å². The van der Waals surface area contributed by atoms with Crippen molar-refractivity contribution in [1.82, 2.24) is 25.2 Å². The Morgan fingerprint density at radius 2 is 1.86 bits per heavy atom. The van der Waals surface area contributed by atoms with Gasteiger partial charge in [0.15, 0.2) is 0 Å². The fourth-order valence-corrected chi connectivity index (χ4v) is 5.31. The molecule has 1 aromatic heterocycles. The number of carbonyl (C=O) groups is 2. The van der Waals surface area contributed by atoms with Crippen LogP contribution in [0.2, 0.25) is 0 Å². The first-order valence-corrected chi connectivity index (χ1v) is 12.7. The number of rotatable bonds is 8. The Kier molecular flexibility index (Phi) is 7.08. The van der Waals surface area contributed by atoms with Crippen molar-refractivity contribution in [2.24, 2.45) is 0 Å². The van der Waals surface area contributed by atoms with Gasteiger partial charge in [0.1, 0.15) is 18.1 Å². The molecule has 5 rings (SSSR count). The molecule has 0 bridgehead atoms. The molecule has 1 aliphatic heterocycles. The van der Waals surface area contributed by atoms with E-state index in [1.54, 1.807) is 9.58 Å². The SMILES string of the molecule is Cc1ccccc1[C@@H](C(=O)NC1CCCC1)N(C[C@H]1CCCO1)C(=O)Cn1nnc2ccccc21. The van der Waals surface area contributed by atoms with E-state index in [1.165, 1.54) is 0 Å². The average molecular weight is 476 g/mol. The number of amides is 2. The first kappa shape index (κ1) is 23.5. The van der Waals surface area contributed by atoms with Gasteiger partial charge in [-0.15, -0.1) is 5.10 Å². The zero-order chi connectivity index (χ0) is 24.2. The second-order valence-electron chi connectivity index (χ2n) is 9.67. The van der Waals surface area contributed by atoms with Crippen molar-refractivity contribution in [2.75, 3.05) is 13.2 Å². The lowest BCUT2D eigenvalue weighted by Crippen LogP contribution is -2.49. The highest BCUT2D eigenvalue weighted by molar-refractivity contribution is 5.89. The number of hydrogen-bond acceptors (Lipinski definition) is 5. The van der Waals surface area contributed by atoms with Crippen molar-refractivity contribution >= 4 is 22.8 Å². The Morgan fingerprint density at radius 1 is 1.09 bits per heavy atom. The van der Waals surface area contributed by atoms with E-state index in [0.29, 0.717) is 13.2 Å². The van der Waals surface area contributed by atoms with E-state index in [0.717, 1.165) is 60.7 Å². The van der Waals surface area contributed by atoms with Gasteiger partial charge in [0, 0.05) is 19.2 Å².